The van der Waals surface area contributed by atoms with E-state index < -0.39 is 21.3 Å². The summed E-state index contributed by atoms with van der Waals surface area (Å²) >= 11 is 0. The van der Waals surface area contributed by atoms with Crippen LogP contribution in [0.25, 0.3) is 16.5 Å². The minimum Gasteiger partial charge on any atom is -0.354 e. The highest BCUT2D eigenvalue weighted by molar-refractivity contribution is 8.00. The zero-order chi connectivity index (χ0) is 29.6. The molecule has 1 aromatic heterocycles. The smallest absolute Gasteiger partial charge is 0.354 e. The molecule has 0 amide bonds. The first-order valence-corrected chi connectivity index (χ1v) is 17.4. The maximum Gasteiger partial charge on any atom is 0.418 e. The highest BCUT2D eigenvalue weighted by atomic mass is 32.2. The average molecular weight is 599 g/mol. The quantitative estimate of drug-likeness (QED) is 0.377. The lowest BCUT2D eigenvalue weighted by Crippen LogP contribution is -2.44. The fourth-order valence-corrected chi connectivity index (χ4v) is 8.86. The summed E-state index contributed by atoms with van der Waals surface area (Å²) in [6, 6.07) is 6.90. The topological polar surface area (TPSA) is 60.8 Å². The van der Waals surface area contributed by atoms with Crippen LogP contribution >= 0.6 is 0 Å². The number of halogens is 3. The van der Waals surface area contributed by atoms with Crippen molar-refractivity contribution >= 4 is 43.9 Å². The van der Waals surface area contributed by atoms with E-state index in [-0.39, 0.29) is 24.1 Å². The van der Waals surface area contributed by atoms with Gasteiger partial charge in [0.1, 0.15) is 6.34 Å². The molecule has 1 N–H and O–H groups in total. The van der Waals surface area contributed by atoms with Crippen LogP contribution in [0.1, 0.15) is 87.4 Å². The number of H-pyrrole nitrogens is 1. The van der Waals surface area contributed by atoms with Gasteiger partial charge < -0.3 is 9.88 Å². The summed E-state index contributed by atoms with van der Waals surface area (Å²) < 4.78 is 55.3. The molecule has 2 fully saturated rings. The number of piperidine rings is 1. The lowest BCUT2D eigenvalue weighted by molar-refractivity contribution is -0.0861. The van der Waals surface area contributed by atoms with Gasteiger partial charge in [-0.25, -0.2) is 4.99 Å². The zero-order valence-corrected chi connectivity index (χ0v) is 25.4. The molecule has 4 aliphatic rings. The average Bonchev–Trinajstić information content (AvgIpc) is 3.35. The Labute approximate surface area is 247 Å². The summed E-state index contributed by atoms with van der Waals surface area (Å²) in [7, 11) is -1.87. The Morgan fingerprint density at radius 3 is 2.52 bits per heavy atom. The predicted molar refractivity (Wildman–Crippen MR) is 170 cm³/mol. The maximum absolute atomic E-state index is 14.3. The fourth-order valence-electron chi connectivity index (χ4n) is 7.25. The molecule has 42 heavy (non-hydrogen) atoms. The second kappa shape index (κ2) is 11.5. The van der Waals surface area contributed by atoms with Crippen molar-refractivity contribution < 1.29 is 17.4 Å². The van der Waals surface area contributed by atoms with E-state index in [1.54, 1.807) is 0 Å². The largest absolute Gasteiger partial charge is 0.418 e. The number of fused-ring (bicyclic) bond motifs is 3. The van der Waals surface area contributed by atoms with Gasteiger partial charge in [-0.3, -0.25) is 9.20 Å². The van der Waals surface area contributed by atoms with E-state index in [2.05, 4.69) is 57.8 Å². The number of nitrogens with zero attached hydrogens (tertiary/aromatic N) is 3. The molecule has 1 aliphatic carbocycles. The van der Waals surface area contributed by atoms with E-state index in [1.807, 2.05) is 6.08 Å². The number of alkyl halides is 3. The molecule has 3 aliphatic heterocycles. The van der Waals surface area contributed by atoms with Crippen LogP contribution in [0, 0.1) is 0 Å². The summed E-state index contributed by atoms with van der Waals surface area (Å²) in [4.78, 5) is 14.5. The van der Waals surface area contributed by atoms with E-state index in [4.69, 9.17) is 0 Å². The number of hydrogen-bond acceptors (Lipinski definition) is 4. The lowest BCUT2D eigenvalue weighted by Gasteiger charge is -2.40. The number of likely N-dealkylation sites (tertiary alicyclic amines) is 1. The molecule has 5 nitrogen and oxygen atoms in total. The highest BCUT2D eigenvalue weighted by Crippen LogP contribution is 2.40. The van der Waals surface area contributed by atoms with E-state index in [1.165, 1.54) is 18.0 Å². The fraction of sp³-hybridized carbons (Fsp3) is 0.545. The summed E-state index contributed by atoms with van der Waals surface area (Å²) in [5.41, 5.74) is 4.05. The third-order valence-electron chi connectivity index (χ3n) is 9.59. The molecule has 2 bridgehead atoms. The Kier molecular flexibility index (Phi) is 8.02. The van der Waals surface area contributed by atoms with Crippen LogP contribution in [0.2, 0.25) is 0 Å². The Balaban J connectivity index is 1.30. The van der Waals surface area contributed by atoms with Gasteiger partial charge in [0, 0.05) is 40.6 Å². The number of benzene rings is 1. The second-order valence-corrected chi connectivity index (χ2v) is 15.5. The summed E-state index contributed by atoms with van der Waals surface area (Å²) in [6.07, 6.45) is 5.67. The summed E-state index contributed by atoms with van der Waals surface area (Å²) in [5.74, 6) is 5.96. The monoisotopic (exact) mass is 598 g/mol. The highest BCUT2D eigenvalue weighted by Gasteiger charge is 2.39. The Hall–Kier alpha value is -2.65. The SMILES string of the molecule is C=S1(=O)CCC(N2CCC(c3ccc4[nH]c(C5=C/CCC6CC(=NC=N6)/C(C(F)(F)F)=C\5)c(C(C)C)c4c3)CC2)CC1. The number of rotatable bonds is 4. The predicted octanol–water partition coefficient (Wildman–Crippen LogP) is 7.26. The third-order valence-corrected chi connectivity index (χ3v) is 11.6. The van der Waals surface area contributed by atoms with Gasteiger partial charge in [0.25, 0.3) is 0 Å². The Morgan fingerprint density at radius 1 is 1.10 bits per heavy atom. The van der Waals surface area contributed by atoms with Gasteiger partial charge in [-0.2, -0.15) is 13.2 Å². The zero-order valence-electron chi connectivity index (χ0n) is 24.6. The number of aromatic amines is 1. The van der Waals surface area contributed by atoms with E-state index in [0.29, 0.717) is 30.4 Å². The molecule has 4 heterocycles. The number of aliphatic imine (C=N–C) groups is 2. The standard InChI is InChI=1S/C33H41F3N4OS/c1-21(2)31-27-17-23(22-9-13-40(14-10-22)26-11-15-42(3,41)16-12-26)7-8-29(27)39-32(31)24-5-4-6-25-19-30(38-20-37-25)28(18-24)33(34,35)36/h5,7-8,17-18,20-22,25-26,39H,3-4,6,9-16,19H2,1-2H3/b24-5+,28-18+. The van der Waals surface area contributed by atoms with Crippen LogP contribution in [0.5, 0.6) is 0 Å². The number of allylic oxidation sites excluding steroid dienone is 4. The molecule has 1 unspecified atom stereocenters. The molecular weight excluding hydrogens is 557 g/mol. The second-order valence-electron chi connectivity index (χ2n) is 12.8. The van der Waals surface area contributed by atoms with Crippen molar-refractivity contribution in [2.75, 3.05) is 24.6 Å². The lowest BCUT2D eigenvalue weighted by atomic mass is 9.86. The van der Waals surface area contributed by atoms with Crippen LogP contribution in [0.4, 0.5) is 13.2 Å². The van der Waals surface area contributed by atoms with Crippen molar-refractivity contribution in [3.8, 4) is 0 Å². The molecule has 9 heteroatoms. The molecule has 0 saturated carbocycles. The normalized spacial score (nSPS) is 30.7. The van der Waals surface area contributed by atoms with Gasteiger partial charge in [0.15, 0.2) is 0 Å². The molecule has 2 saturated heterocycles. The molecule has 1 aromatic carbocycles. The first kappa shape index (κ1) is 29.4. The maximum atomic E-state index is 14.3. The van der Waals surface area contributed by atoms with Gasteiger partial charge in [-0.05, 0) is 114 Å². The van der Waals surface area contributed by atoms with Crippen molar-refractivity contribution in [3.63, 3.8) is 0 Å². The molecule has 6 rings (SSSR count). The third kappa shape index (κ3) is 6.05. The molecule has 226 valence electrons. The Bertz CT molecular complexity index is 1560. The van der Waals surface area contributed by atoms with Crippen LogP contribution < -0.4 is 0 Å². The van der Waals surface area contributed by atoms with Crippen molar-refractivity contribution in [2.24, 2.45) is 9.98 Å². The van der Waals surface area contributed by atoms with Crippen LogP contribution in [-0.2, 0) is 9.52 Å². The summed E-state index contributed by atoms with van der Waals surface area (Å²) in [5, 5.41) is 1.10. The van der Waals surface area contributed by atoms with Gasteiger partial charge in [-0.1, -0.05) is 26.0 Å². The van der Waals surface area contributed by atoms with Crippen molar-refractivity contribution in [2.45, 2.75) is 88.9 Å². The molecule has 1 atom stereocenters. The minimum atomic E-state index is -4.51. The van der Waals surface area contributed by atoms with Crippen molar-refractivity contribution in [1.29, 1.82) is 0 Å². The Morgan fingerprint density at radius 2 is 1.83 bits per heavy atom. The number of hydrogen-bond donors (Lipinski definition) is 1. The van der Waals surface area contributed by atoms with Gasteiger partial charge in [-0.15, -0.1) is 0 Å². The molecule has 2 aromatic rings. The van der Waals surface area contributed by atoms with E-state index >= 15 is 0 Å². The van der Waals surface area contributed by atoms with Crippen LogP contribution in [0.3, 0.4) is 0 Å². The van der Waals surface area contributed by atoms with E-state index in [0.717, 1.165) is 72.4 Å². The van der Waals surface area contributed by atoms with Crippen molar-refractivity contribution in [3.05, 3.63) is 52.7 Å². The van der Waals surface area contributed by atoms with Crippen molar-refractivity contribution in [1.82, 2.24) is 9.88 Å². The first-order chi connectivity index (χ1) is 20.0. The van der Waals surface area contributed by atoms with Crippen LogP contribution in [-0.4, -0.2) is 74.9 Å². The van der Waals surface area contributed by atoms with Gasteiger partial charge in [0.05, 0.1) is 17.3 Å². The van der Waals surface area contributed by atoms with E-state index in [9.17, 15) is 17.4 Å². The first-order valence-electron chi connectivity index (χ1n) is 15.3. The number of aromatic nitrogens is 1. The molecule has 0 radical (unpaired) electrons. The molecular formula is C33H41F3N4OS. The minimum absolute atomic E-state index is 0.0688. The number of nitrogens with one attached hydrogen (secondary N) is 1. The van der Waals surface area contributed by atoms with Gasteiger partial charge in [0.2, 0.25) is 0 Å². The molecule has 0 spiro atoms. The van der Waals surface area contributed by atoms with Crippen LogP contribution in [0.15, 0.2) is 45.9 Å². The summed E-state index contributed by atoms with van der Waals surface area (Å²) in [6.45, 7) is 6.29. The van der Waals surface area contributed by atoms with Gasteiger partial charge >= 0.3 is 6.18 Å².